The van der Waals surface area contributed by atoms with Gasteiger partial charge in [0.15, 0.2) is 0 Å². The molecule has 0 atom stereocenters. The van der Waals surface area contributed by atoms with Crippen LogP contribution in [0.25, 0.3) is 0 Å². The van der Waals surface area contributed by atoms with Crippen LogP contribution in [-0.4, -0.2) is 0 Å². The van der Waals surface area contributed by atoms with E-state index in [0.29, 0.717) is 0 Å². The number of hydrogen-bond donors (Lipinski definition) is 0. The van der Waals surface area contributed by atoms with Gasteiger partial charge in [-0.3, -0.25) is 0 Å². The minimum atomic E-state index is -0.225. The maximum absolute atomic E-state index is 3.34. The number of hydrogen-bond acceptors (Lipinski definition) is 0. The largest absolute Gasteiger partial charge is 0.105 e. The maximum atomic E-state index is 3.34. The van der Waals surface area contributed by atoms with Gasteiger partial charge in [0.2, 0.25) is 0 Å². The number of rotatable bonds is 2. The van der Waals surface area contributed by atoms with Crippen LogP contribution in [0.2, 0.25) is 0 Å². The first-order chi connectivity index (χ1) is 11.3. The Kier molecular flexibility index (Phi) is 20.7. The van der Waals surface area contributed by atoms with E-state index in [-0.39, 0.29) is 26.5 Å². The minimum Gasteiger partial charge on any atom is -0.105 e. The molecule has 0 unspecified atom stereocenters. The van der Waals surface area contributed by atoms with Gasteiger partial charge >= 0.3 is 0 Å². The Morgan fingerprint density at radius 1 is 0.625 bits per heavy atom. The van der Waals surface area contributed by atoms with E-state index in [2.05, 4.69) is 67.3 Å². The van der Waals surface area contributed by atoms with Crippen LogP contribution in [0.3, 0.4) is 0 Å². The fourth-order valence-corrected chi connectivity index (χ4v) is 2.10. The van der Waals surface area contributed by atoms with Gasteiger partial charge in [0.25, 0.3) is 0 Å². The molecule has 0 amide bonds. The van der Waals surface area contributed by atoms with E-state index in [9.17, 15) is 0 Å². The summed E-state index contributed by atoms with van der Waals surface area (Å²) in [5, 5.41) is 0. The van der Waals surface area contributed by atoms with E-state index in [1.165, 1.54) is 11.1 Å². The molecule has 0 spiro atoms. The fourth-order valence-electron chi connectivity index (χ4n) is 2.10. The van der Waals surface area contributed by atoms with Crippen molar-refractivity contribution in [2.45, 2.75) is 60.8 Å². The van der Waals surface area contributed by atoms with Crippen molar-refractivity contribution in [3.63, 3.8) is 0 Å². The van der Waals surface area contributed by atoms with Crippen LogP contribution >= 0.6 is 0 Å². The van der Waals surface area contributed by atoms with Crippen molar-refractivity contribution in [3.05, 3.63) is 71.8 Å². The van der Waals surface area contributed by atoms with E-state index in [1.807, 2.05) is 60.6 Å². The third-order valence-electron chi connectivity index (χ3n) is 3.08. The van der Waals surface area contributed by atoms with Crippen LogP contribution in [0.1, 0.15) is 66.5 Å². The maximum Gasteiger partial charge on any atom is 0.0783 e. The summed E-state index contributed by atoms with van der Waals surface area (Å²) in [4.78, 5) is 0. The summed E-state index contributed by atoms with van der Waals surface area (Å²) in [6, 6.07) is 20.9. The first-order valence-corrected chi connectivity index (χ1v) is 8.82. The van der Waals surface area contributed by atoms with Crippen molar-refractivity contribution in [2.24, 2.45) is 0 Å². The molecule has 0 aromatic heterocycles. The van der Waals surface area contributed by atoms with Gasteiger partial charge in [-0.25, -0.2) is 0 Å². The molecule has 0 bridgehead atoms. The number of benzene rings is 2. The summed E-state index contributed by atoms with van der Waals surface area (Å²) < 4.78 is 0. The Morgan fingerprint density at radius 3 is 1.17 bits per heavy atom. The molecule has 0 saturated carbocycles. The Balaban J connectivity index is -0.000000569. The van der Waals surface area contributed by atoms with Crippen molar-refractivity contribution in [3.8, 4) is 11.8 Å². The molecule has 2 rings (SSSR count). The molecule has 2 aromatic carbocycles. The summed E-state index contributed by atoms with van der Waals surface area (Å²) in [5.74, 6) is 6.40. The van der Waals surface area contributed by atoms with E-state index in [1.54, 1.807) is 0 Å². The molecule has 24 heavy (non-hydrogen) atoms. The van der Waals surface area contributed by atoms with Crippen LogP contribution in [0.4, 0.5) is 0 Å². The fraction of sp³-hybridized carbons (Fsp3) is 0.391. The van der Waals surface area contributed by atoms with Gasteiger partial charge in [0, 0.05) is 21.1 Å². The zero-order chi connectivity index (χ0) is 18.1. The summed E-state index contributed by atoms with van der Waals surface area (Å²) in [6.45, 7) is 16.1. The van der Waals surface area contributed by atoms with Crippen molar-refractivity contribution >= 4 is 0 Å². The van der Waals surface area contributed by atoms with Crippen molar-refractivity contribution < 1.29 is 21.1 Å². The third kappa shape index (κ3) is 8.52. The van der Waals surface area contributed by atoms with Gasteiger partial charge in [-0.05, 0) is 25.0 Å². The van der Waals surface area contributed by atoms with E-state index in [0.717, 1.165) is 0 Å². The van der Waals surface area contributed by atoms with E-state index >= 15 is 0 Å². The molecule has 0 nitrogen and oxygen atoms in total. The molecular formula is C23H34W. The Labute approximate surface area is 165 Å². The molecule has 0 radical (unpaired) electrons. The Morgan fingerprint density at radius 2 is 0.917 bits per heavy atom. The normalized spacial score (nSPS) is 8.17. The third-order valence-corrected chi connectivity index (χ3v) is 3.08. The first-order valence-electron chi connectivity index (χ1n) is 8.82. The zero-order valence-corrected chi connectivity index (χ0v) is 19.6. The van der Waals surface area contributed by atoms with Crippen LogP contribution in [0.15, 0.2) is 60.7 Å². The second kappa shape index (κ2) is 18.0. The van der Waals surface area contributed by atoms with Gasteiger partial charge in [-0.1, -0.05) is 108 Å². The second-order valence-corrected chi connectivity index (χ2v) is 4.23. The minimum absolute atomic E-state index is 0. The molecule has 0 aliphatic carbocycles. The van der Waals surface area contributed by atoms with Gasteiger partial charge in [0.1, 0.15) is 0 Å². The van der Waals surface area contributed by atoms with Crippen molar-refractivity contribution in [1.29, 1.82) is 0 Å². The average Bonchev–Trinajstić information content (AvgIpc) is 2.68. The Bertz CT molecular complexity index is 493. The SMILES string of the molecule is CC.CC.CC.CC#CC(C)(c1ccccc1)c1ccccc1.[W]. The second-order valence-electron chi connectivity index (χ2n) is 4.23. The van der Waals surface area contributed by atoms with Gasteiger partial charge < -0.3 is 0 Å². The zero-order valence-electron chi connectivity index (χ0n) is 16.7. The average molecular weight is 494 g/mol. The molecule has 0 aliphatic rings. The van der Waals surface area contributed by atoms with Crippen LogP contribution in [-0.2, 0) is 26.5 Å². The standard InChI is InChI=1S/C17H16.3C2H6.W/c1-3-14-17(2,15-10-6-4-7-11-15)16-12-8-5-9-13-16;3*1-2;/h4-13H,1-2H3;3*1-2H3;. The molecule has 2 aromatic rings. The van der Waals surface area contributed by atoms with Gasteiger partial charge in [0.05, 0.1) is 5.41 Å². The predicted molar refractivity (Wildman–Crippen MR) is 107 cm³/mol. The molecule has 0 saturated heterocycles. The smallest absolute Gasteiger partial charge is 0.0783 e. The quantitative estimate of drug-likeness (QED) is 0.391. The Hall–Kier alpha value is -1.31. The van der Waals surface area contributed by atoms with Crippen molar-refractivity contribution in [1.82, 2.24) is 0 Å². The van der Waals surface area contributed by atoms with Crippen LogP contribution in [0.5, 0.6) is 0 Å². The topological polar surface area (TPSA) is 0 Å². The van der Waals surface area contributed by atoms with Crippen LogP contribution in [0, 0.1) is 11.8 Å². The van der Waals surface area contributed by atoms with E-state index < -0.39 is 0 Å². The summed E-state index contributed by atoms with van der Waals surface area (Å²) in [7, 11) is 0. The molecule has 1 heteroatoms. The summed E-state index contributed by atoms with van der Waals surface area (Å²) >= 11 is 0. The monoisotopic (exact) mass is 494 g/mol. The van der Waals surface area contributed by atoms with Gasteiger partial charge in [-0.15, -0.1) is 5.92 Å². The predicted octanol–water partition coefficient (Wildman–Crippen LogP) is 7.09. The van der Waals surface area contributed by atoms with Crippen LogP contribution < -0.4 is 0 Å². The molecule has 0 fully saturated rings. The van der Waals surface area contributed by atoms with E-state index in [4.69, 9.17) is 0 Å². The van der Waals surface area contributed by atoms with Gasteiger partial charge in [-0.2, -0.15) is 0 Å². The molecule has 0 aliphatic heterocycles. The molecular weight excluding hydrogens is 460 g/mol. The summed E-state index contributed by atoms with van der Waals surface area (Å²) in [5.41, 5.74) is 2.25. The van der Waals surface area contributed by atoms with Crippen molar-refractivity contribution in [2.75, 3.05) is 0 Å². The molecule has 0 N–H and O–H groups in total. The first kappa shape index (κ1) is 27.5. The molecule has 132 valence electrons. The molecule has 0 heterocycles. The summed E-state index contributed by atoms with van der Waals surface area (Å²) in [6.07, 6.45) is 0.